The number of nitrogens with zero attached hydrogens (tertiary/aromatic N) is 1. The van der Waals surface area contributed by atoms with Gasteiger partial charge in [-0.2, -0.15) is 0 Å². The summed E-state index contributed by atoms with van der Waals surface area (Å²) in [6.45, 7) is 4.41. The fourth-order valence-electron chi connectivity index (χ4n) is 3.06. The minimum absolute atomic E-state index is 0.211. The van der Waals surface area contributed by atoms with E-state index in [1.165, 1.54) is 0 Å². The Morgan fingerprint density at radius 1 is 1.47 bits per heavy atom. The highest BCUT2D eigenvalue weighted by atomic mass is 16.5. The Labute approximate surface area is 113 Å². The second kappa shape index (κ2) is 5.21. The van der Waals surface area contributed by atoms with Gasteiger partial charge >= 0.3 is 0 Å². The Bertz CT molecular complexity index is 475. The number of nitrogens with one attached hydrogen (secondary N) is 1. The predicted molar refractivity (Wildman–Crippen MR) is 73.1 cm³/mol. The van der Waals surface area contributed by atoms with Crippen LogP contribution in [-0.2, 0) is 4.79 Å². The Kier molecular flexibility index (Phi) is 3.42. The molecule has 2 aliphatic rings. The van der Waals surface area contributed by atoms with Crippen molar-refractivity contribution >= 4 is 5.91 Å². The molecule has 2 heterocycles. The molecule has 1 N–H and O–H groups in total. The zero-order chi connectivity index (χ0) is 13.2. The lowest BCUT2D eigenvalue weighted by Gasteiger charge is -2.35. The summed E-state index contributed by atoms with van der Waals surface area (Å²) < 4.78 is 5.51. The number of ether oxygens (including phenoxy) is 1. The van der Waals surface area contributed by atoms with Crippen molar-refractivity contribution in [3.63, 3.8) is 0 Å². The van der Waals surface area contributed by atoms with Crippen LogP contribution in [0, 0.1) is 0 Å². The van der Waals surface area contributed by atoms with Crippen LogP contribution in [0.3, 0.4) is 0 Å². The van der Waals surface area contributed by atoms with Gasteiger partial charge in [0.25, 0.3) is 0 Å². The fraction of sp³-hybridized carbons (Fsp3) is 0.533. The number of carbonyl (C=O) groups is 1. The third-order valence-corrected chi connectivity index (χ3v) is 3.97. The van der Waals surface area contributed by atoms with Crippen LogP contribution >= 0.6 is 0 Å². The number of hydrogen-bond donors (Lipinski definition) is 1. The van der Waals surface area contributed by atoms with Crippen LogP contribution in [0.15, 0.2) is 24.3 Å². The molecule has 0 aromatic heterocycles. The highest BCUT2D eigenvalue weighted by molar-refractivity contribution is 5.84. The zero-order valence-corrected chi connectivity index (χ0v) is 11.3. The number of fused-ring (bicyclic) bond motifs is 1. The molecule has 0 radical (unpaired) electrons. The number of hydrogen-bond acceptors (Lipinski definition) is 3. The van der Waals surface area contributed by atoms with Crippen LogP contribution < -0.4 is 10.1 Å². The quantitative estimate of drug-likeness (QED) is 0.899. The summed E-state index contributed by atoms with van der Waals surface area (Å²) in [7, 11) is 0. The normalized spacial score (nSPS) is 26.4. The second-order valence-corrected chi connectivity index (χ2v) is 5.17. The van der Waals surface area contributed by atoms with Gasteiger partial charge in [0.2, 0.25) is 5.91 Å². The summed E-state index contributed by atoms with van der Waals surface area (Å²) >= 11 is 0. The maximum Gasteiger partial charge on any atom is 0.244 e. The molecule has 4 nitrogen and oxygen atoms in total. The van der Waals surface area contributed by atoms with Crippen LogP contribution in [0.1, 0.15) is 31.4 Å². The monoisotopic (exact) mass is 260 g/mol. The first kappa shape index (κ1) is 12.5. The highest BCUT2D eigenvalue weighted by Crippen LogP contribution is 2.28. The molecule has 1 aromatic rings. The first-order valence-corrected chi connectivity index (χ1v) is 7.06. The summed E-state index contributed by atoms with van der Waals surface area (Å²) in [4.78, 5) is 14.5. The molecule has 3 rings (SSSR count). The van der Waals surface area contributed by atoms with Crippen molar-refractivity contribution in [2.24, 2.45) is 0 Å². The molecule has 1 aromatic carbocycles. The Morgan fingerprint density at radius 3 is 3.21 bits per heavy atom. The minimum atomic E-state index is -0.213. The van der Waals surface area contributed by atoms with E-state index in [9.17, 15) is 4.79 Å². The average molecular weight is 260 g/mol. The van der Waals surface area contributed by atoms with Gasteiger partial charge in [-0.1, -0.05) is 12.1 Å². The Morgan fingerprint density at radius 2 is 2.37 bits per heavy atom. The molecule has 0 bridgehead atoms. The van der Waals surface area contributed by atoms with Crippen LogP contribution in [0.5, 0.6) is 5.75 Å². The maximum absolute atomic E-state index is 12.5. The van der Waals surface area contributed by atoms with Gasteiger partial charge in [0.15, 0.2) is 0 Å². The van der Waals surface area contributed by atoms with Crippen molar-refractivity contribution in [1.82, 2.24) is 10.2 Å². The summed E-state index contributed by atoms with van der Waals surface area (Å²) in [5.74, 6) is 1.04. The fourth-order valence-corrected chi connectivity index (χ4v) is 3.06. The van der Waals surface area contributed by atoms with Crippen LogP contribution in [0.2, 0.25) is 0 Å². The summed E-state index contributed by atoms with van der Waals surface area (Å²) in [6.07, 6.45) is 2.26. The number of amides is 1. The molecule has 2 aliphatic heterocycles. The van der Waals surface area contributed by atoms with Crippen molar-refractivity contribution in [2.75, 3.05) is 19.7 Å². The van der Waals surface area contributed by atoms with E-state index in [-0.39, 0.29) is 11.9 Å². The molecule has 4 heteroatoms. The number of carbonyl (C=O) groups excluding carboxylic acids is 1. The standard InChI is InChI=1S/C15H20N2O2/c1-2-19-13-7-3-5-11(9-13)14-15(18)17-8-4-6-12(17)10-16-14/h3,5,7,9,12,14,16H,2,4,6,8,10H2,1H3. The summed E-state index contributed by atoms with van der Waals surface area (Å²) in [5.41, 5.74) is 1.00. The van der Waals surface area contributed by atoms with E-state index in [0.29, 0.717) is 12.6 Å². The molecule has 2 atom stereocenters. The van der Waals surface area contributed by atoms with E-state index in [4.69, 9.17) is 4.74 Å². The lowest BCUT2D eigenvalue weighted by Crippen LogP contribution is -2.53. The average Bonchev–Trinajstić information content (AvgIpc) is 2.89. The van der Waals surface area contributed by atoms with E-state index < -0.39 is 0 Å². The van der Waals surface area contributed by atoms with Crippen molar-refractivity contribution in [1.29, 1.82) is 0 Å². The SMILES string of the molecule is CCOc1cccc(C2NCC3CCCN3C2=O)c1. The molecular weight excluding hydrogens is 240 g/mol. The molecule has 0 aliphatic carbocycles. The van der Waals surface area contributed by atoms with Crippen molar-refractivity contribution in [2.45, 2.75) is 31.8 Å². The van der Waals surface area contributed by atoms with Gasteiger partial charge in [-0.25, -0.2) is 0 Å². The van der Waals surface area contributed by atoms with Crippen molar-refractivity contribution in [3.05, 3.63) is 29.8 Å². The Hall–Kier alpha value is -1.55. The first-order valence-electron chi connectivity index (χ1n) is 7.06. The van der Waals surface area contributed by atoms with Crippen LogP contribution in [0.25, 0.3) is 0 Å². The Balaban J connectivity index is 1.81. The van der Waals surface area contributed by atoms with Gasteiger partial charge < -0.3 is 15.0 Å². The molecule has 2 unspecified atom stereocenters. The number of rotatable bonds is 3. The topological polar surface area (TPSA) is 41.6 Å². The first-order chi connectivity index (χ1) is 9.29. The van der Waals surface area contributed by atoms with Crippen molar-refractivity contribution < 1.29 is 9.53 Å². The van der Waals surface area contributed by atoms with Gasteiger partial charge in [0.05, 0.1) is 6.61 Å². The van der Waals surface area contributed by atoms with Gasteiger partial charge in [-0.15, -0.1) is 0 Å². The van der Waals surface area contributed by atoms with E-state index in [1.807, 2.05) is 36.1 Å². The molecule has 2 fully saturated rings. The smallest absolute Gasteiger partial charge is 0.244 e. The molecule has 19 heavy (non-hydrogen) atoms. The van der Waals surface area contributed by atoms with E-state index >= 15 is 0 Å². The number of benzene rings is 1. The third kappa shape index (κ3) is 2.32. The third-order valence-electron chi connectivity index (χ3n) is 3.97. The summed E-state index contributed by atoms with van der Waals surface area (Å²) in [6, 6.07) is 8.03. The molecule has 0 spiro atoms. The highest BCUT2D eigenvalue weighted by Gasteiger charge is 2.38. The van der Waals surface area contributed by atoms with E-state index in [2.05, 4.69) is 5.32 Å². The predicted octanol–water partition coefficient (Wildman–Crippen LogP) is 1.72. The van der Waals surface area contributed by atoms with Gasteiger partial charge in [0, 0.05) is 19.1 Å². The van der Waals surface area contributed by atoms with Crippen molar-refractivity contribution in [3.8, 4) is 5.75 Å². The molecule has 1 amide bonds. The van der Waals surface area contributed by atoms with Gasteiger partial charge in [-0.05, 0) is 37.5 Å². The second-order valence-electron chi connectivity index (χ2n) is 5.17. The minimum Gasteiger partial charge on any atom is -0.494 e. The molecular formula is C15H20N2O2. The lowest BCUT2D eigenvalue weighted by molar-refractivity contribution is -0.137. The molecule has 102 valence electrons. The van der Waals surface area contributed by atoms with Gasteiger partial charge in [-0.3, -0.25) is 4.79 Å². The summed E-state index contributed by atoms with van der Waals surface area (Å²) in [5, 5.41) is 3.38. The van der Waals surface area contributed by atoms with Gasteiger partial charge in [0.1, 0.15) is 11.8 Å². The molecule has 2 saturated heterocycles. The lowest BCUT2D eigenvalue weighted by atomic mass is 10.0. The van der Waals surface area contributed by atoms with E-state index in [0.717, 1.165) is 37.2 Å². The zero-order valence-electron chi connectivity index (χ0n) is 11.3. The maximum atomic E-state index is 12.5. The van der Waals surface area contributed by atoms with Crippen LogP contribution in [-0.4, -0.2) is 36.5 Å². The van der Waals surface area contributed by atoms with Crippen LogP contribution in [0.4, 0.5) is 0 Å². The van der Waals surface area contributed by atoms with E-state index in [1.54, 1.807) is 0 Å². The largest absolute Gasteiger partial charge is 0.494 e. The number of piperazine rings is 1. The molecule has 0 saturated carbocycles.